The Hall–Kier alpha value is -2.03. The van der Waals surface area contributed by atoms with Crippen molar-refractivity contribution in [1.29, 1.82) is 0 Å². The number of esters is 1. The van der Waals surface area contributed by atoms with Gasteiger partial charge in [-0.2, -0.15) is 0 Å². The van der Waals surface area contributed by atoms with Gasteiger partial charge in [-0.15, -0.1) is 0 Å². The highest BCUT2D eigenvalue weighted by Crippen LogP contribution is 2.43. The minimum atomic E-state index is -0.572. The fourth-order valence-corrected chi connectivity index (χ4v) is 4.40. The number of carbonyl (C=O) groups is 1. The standard InChI is InChI=1S/C25H34O3/c1-3-4-8-19-28-24(26)25(22-11-13-23(27-2)14-12-22)17-15-21(16-18-25)20-9-6-5-7-10-20/h9,11-15H,3-8,10,16-19H2,1-2H3. The number of unbranched alkanes of at least 4 members (excludes halogenated alkanes) is 2. The van der Waals surface area contributed by atoms with Crippen LogP contribution in [0.25, 0.3) is 0 Å². The highest BCUT2D eigenvalue weighted by Gasteiger charge is 2.42. The quantitative estimate of drug-likeness (QED) is 0.392. The van der Waals surface area contributed by atoms with Crippen LogP contribution in [0.4, 0.5) is 0 Å². The Kier molecular flexibility index (Phi) is 7.36. The van der Waals surface area contributed by atoms with Gasteiger partial charge in [0.2, 0.25) is 0 Å². The molecule has 1 atom stereocenters. The van der Waals surface area contributed by atoms with Crippen LogP contribution in [0, 0.1) is 0 Å². The van der Waals surface area contributed by atoms with Gasteiger partial charge in [0.25, 0.3) is 0 Å². The summed E-state index contributed by atoms with van der Waals surface area (Å²) in [5, 5.41) is 0. The summed E-state index contributed by atoms with van der Waals surface area (Å²) < 4.78 is 11.1. The molecule has 0 N–H and O–H groups in total. The number of rotatable bonds is 8. The SMILES string of the molecule is CCCCCOC(=O)C1(c2ccc(OC)cc2)CC=C(C2=CCCCC2)CC1. The number of methoxy groups -OCH3 is 1. The summed E-state index contributed by atoms with van der Waals surface area (Å²) in [6.07, 6.45) is 15.3. The van der Waals surface area contributed by atoms with E-state index in [0.29, 0.717) is 6.61 Å². The van der Waals surface area contributed by atoms with Crippen molar-refractivity contribution in [2.45, 2.75) is 76.5 Å². The van der Waals surface area contributed by atoms with Crippen molar-refractivity contribution in [3.8, 4) is 5.75 Å². The number of ether oxygens (including phenoxy) is 2. The second kappa shape index (κ2) is 9.95. The Morgan fingerprint density at radius 3 is 2.43 bits per heavy atom. The molecule has 2 aliphatic carbocycles. The summed E-state index contributed by atoms with van der Waals surface area (Å²) in [4.78, 5) is 13.2. The van der Waals surface area contributed by atoms with E-state index in [0.717, 1.165) is 49.8 Å². The summed E-state index contributed by atoms with van der Waals surface area (Å²) in [6, 6.07) is 7.96. The smallest absolute Gasteiger partial charge is 0.316 e. The van der Waals surface area contributed by atoms with Gasteiger partial charge in [0.1, 0.15) is 5.75 Å². The van der Waals surface area contributed by atoms with Crippen LogP contribution in [0.2, 0.25) is 0 Å². The van der Waals surface area contributed by atoms with Crippen molar-refractivity contribution in [2.75, 3.05) is 13.7 Å². The third kappa shape index (κ3) is 4.68. The Balaban J connectivity index is 1.82. The topological polar surface area (TPSA) is 35.5 Å². The molecule has 0 aromatic heterocycles. The largest absolute Gasteiger partial charge is 0.497 e. The zero-order chi connectivity index (χ0) is 19.8. The fourth-order valence-electron chi connectivity index (χ4n) is 4.40. The number of allylic oxidation sites excluding steroid dienone is 4. The molecule has 0 saturated carbocycles. The molecule has 0 bridgehead atoms. The summed E-state index contributed by atoms with van der Waals surface area (Å²) in [5.74, 6) is 0.747. The molecule has 1 aromatic carbocycles. The highest BCUT2D eigenvalue weighted by atomic mass is 16.5. The van der Waals surface area contributed by atoms with Gasteiger partial charge in [-0.25, -0.2) is 0 Å². The molecule has 0 fully saturated rings. The van der Waals surface area contributed by atoms with Gasteiger partial charge in [0, 0.05) is 0 Å². The first kappa shape index (κ1) is 20.7. The Morgan fingerprint density at radius 1 is 1.04 bits per heavy atom. The Labute approximate surface area is 169 Å². The summed E-state index contributed by atoms with van der Waals surface area (Å²) in [7, 11) is 1.67. The van der Waals surface area contributed by atoms with E-state index in [1.165, 1.54) is 36.8 Å². The van der Waals surface area contributed by atoms with E-state index in [-0.39, 0.29) is 5.97 Å². The van der Waals surface area contributed by atoms with Crippen molar-refractivity contribution < 1.29 is 14.3 Å². The molecule has 0 heterocycles. The van der Waals surface area contributed by atoms with Gasteiger partial charge in [0.05, 0.1) is 19.1 Å². The first-order chi connectivity index (χ1) is 13.7. The van der Waals surface area contributed by atoms with Crippen LogP contribution < -0.4 is 4.74 Å². The first-order valence-corrected chi connectivity index (χ1v) is 10.9. The minimum Gasteiger partial charge on any atom is -0.497 e. The van der Waals surface area contributed by atoms with E-state index >= 15 is 0 Å². The number of hydrogen-bond donors (Lipinski definition) is 0. The van der Waals surface area contributed by atoms with Crippen LogP contribution in [0.1, 0.15) is 76.7 Å². The van der Waals surface area contributed by atoms with Gasteiger partial charge in [-0.05, 0) is 80.2 Å². The zero-order valence-corrected chi connectivity index (χ0v) is 17.5. The fraction of sp³-hybridized carbons (Fsp3) is 0.560. The third-order valence-electron chi connectivity index (χ3n) is 6.24. The van der Waals surface area contributed by atoms with E-state index in [2.05, 4.69) is 19.1 Å². The van der Waals surface area contributed by atoms with Gasteiger partial charge < -0.3 is 9.47 Å². The number of hydrogen-bond acceptors (Lipinski definition) is 3. The predicted molar refractivity (Wildman–Crippen MR) is 114 cm³/mol. The molecule has 28 heavy (non-hydrogen) atoms. The molecule has 3 nitrogen and oxygen atoms in total. The maximum Gasteiger partial charge on any atom is 0.316 e. The normalized spacial score (nSPS) is 22.2. The highest BCUT2D eigenvalue weighted by molar-refractivity contribution is 5.84. The van der Waals surface area contributed by atoms with E-state index in [1.807, 2.05) is 24.3 Å². The molecule has 152 valence electrons. The number of carbonyl (C=O) groups excluding carboxylic acids is 1. The lowest BCUT2D eigenvalue weighted by Gasteiger charge is -2.35. The molecule has 0 amide bonds. The van der Waals surface area contributed by atoms with Gasteiger partial charge in [0.15, 0.2) is 0 Å². The molecule has 3 rings (SSSR count). The van der Waals surface area contributed by atoms with E-state index in [1.54, 1.807) is 7.11 Å². The van der Waals surface area contributed by atoms with E-state index in [4.69, 9.17) is 9.47 Å². The van der Waals surface area contributed by atoms with E-state index in [9.17, 15) is 4.79 Å². The van der Waals surface area contributed by atoms with Gasteiger partial charge in [-0.3, -0.25) is 4.79 Å². The molecular weight excluding hydrogens is 348 g/mol. The lowest BCUT2D eigenvalue weighted by atomic mass is 9.69. The van der Waals surface area contributed by atoms with Crippen LogP contribution in [0.15, 0.2) is 47.6 Å². The maximum atomic E-state index is 13.2. The maximum absolute atomic E-state index is 13.2. The second-order valence-corrected chi connectivity index (χ2v) is 8.06. The molecule has 0 aliphatic heterocycles. The van der Waals surface area contributed by atoms with Crippen molar-refractivity contribution in [1.82, 2.24) is 0 Å². The predicted octanol–water partition coefficient (Wildman–Crippen LogP) is 6.28. The third-order valence-corrected chi connectivity index (χ3v) is 6.24. The minimum absolute atomic E-state index is 0.0679. The van der Waals surface area contributed by atoms with Crippen LogP contribution in [0.3, 0.4) is 0 Å². The molecule has 0 spiro atoms. The molecular formula is C25H34O3. The Bertz CT molecular complexity index is 714. The number of benzene rings is 1. The summed E-state index contributed by atoms with van der Waals surface area (Å²) in [5.41, 5.74) is 3.42. The summed E-state index contributed by atoms with van der Waals surface area (Å²) in [6.45, 7) is 2.68. The first-order valence-electron chi connectivity index (χ1n) is 10.9. The summed E-state index contributed by atoms with van der Waals surface area (Å²) >= 11 is 0. The van der Waals surface area contributed by atoms with E-state index < -0.39 is 5.41 Å². The zero-order valence-electron chi connectivity index (χ0n) is 17.5. The molecule has 3 heteroatoms. The molecule has 1 aromatic rings. The lowest BCUT2D eigenvalue weighted by Crippen LogP contribution is -2.39. The van der Waals surface area contributed by atoms with Gasteiger partial charge in [-0.1, -0.05) is 44.1 Å². The van der Waals surface area contributed by atoms with Crippen LogP contribution in [-0.4, -0.2) is 19.7 Å². The average molecular weight is 383 g/mol. The van der Waals surface area contributed by atoms with Crippen molar-refractivity contribution >= 4 is 5.97 Å². The van der Waals surface area contributed by atoms with Crippen molar-refractivity contribution in [3.63, 3.8) is 0 Å². The van der Waals surface area contributed by atoms with Crippen LogP contribution in [-0.2, 0) is 14.9 Å². The Morgan fingerprint density at radius 2 is 1.82 bits per heavy atom. The monoisotopic (exact) mass is 382 g/mol. The molecule has 1 unspecified atom stereocenters. The van der Waals surface area contributed by atoms with Gasteiger partial charge >= 0.3 is 5.97 Å². The van der Waals surface area contributed by atoms with Crippen molar-refractivity contribution in [2.24, 2.45) is 0 Å². The lowest BCUT2D eigenvalue weighted by molar-refractivity contribution is -0.151. The molecule has 0 radical (unpaired) electrons. The average Bonchev–Trinajstić information content (AvgIpc) is 2.77. The second-order valence-electron chi connectivity index (χ2n) is 8.06. The van der Waals surface area contributed by atoms with Crippen LogP contribution in [0.5, 0.6) is 5.75 Å². The molecule has 2 aliphatic rings. The molecule has 0 saturated heterocycles. The van der Waals surface area contributed by atoms with Crippen molar-refractivity contribution in [3.05, 3.63) is 53.1 Å². The van der Waals surface area contributed by atoms with Crippen LogP contribution >= 0.6 is 0 Å².